The molecule has 2 heterocycles. The van der Waals surface area contributed by atoms with Gasteiger partial charge in [-0.2, -0.15) is 0 Å². The molecule has 0 fully saturated rings. The number of aryl methyl sites for hydroxylation is 3. The van der Waals surface area contributed by atoms with E-state index in [1.165, 1.54) is 5.52 Å². The molecule has 2 aromatic heterocycles. The molecule has 1 aromatic carbocycles. The number of aromatic nitrogens is 5. The third-order valence-electron chi connectivity index (χ3n) is 4.60. The van der Waals surface area contributed by atoms with Crippen LogP contribution in [-0.2, 0) is 20.1 Å². The summed E-state index contributed by atoms with van der Waals surface area (Å²) in [5, 5.41) is 14.9. The van der Waals surface area contributed by atoms with E-state index < -0.39 is 0 Å². The van der Waals surface area contributed by atoms with Crippen molar-refractivity contribution in [2.24, 2.45) is 12.0 Å². The van der Waals surface area contributed by atoms with E-state index in [1.807, 2.05) is 24.6 Å². The molecular formula is C19H29IN8. The highest BCUT2D eigenvalue weighted by Crippen LogP contribution is 2.15. The molecule has 152 valence electrons. The summed E-state index contributed by atoms with van der Waals surface area (Å²) < 4.78 is 4.23. The van der Waals surface area contributed by atoms with Crippen molar-refractivity contribution in [3.05, 3.63) is 41.7 Å². The third kappa shape index (κ3) is 5.21. The molecule has 3 rings (SSSR count). The van der Waals surface area contributed by atoms with Gasteiger partial charge in [0.25, 0.3) is 0 Å². The van der Waals surface area contributed by atoms with Crippen LogP contribution >= 0.6 is 24.0 Å². The Bertz CT molecular complexity index is 927. The summed E-state index contributed by atoms with van der Waals surface area (Å²) in [6, 6.07) is 8.26. The molecule has 0 saturated heterocycles. The quantitative estimate of drug-likeness (QED) is 0.227. The first-order valence-electron chi connectivity index (χ1n) is 9.39. The van der Waals surface area contributed by atoms with Crippen LogP contribution in [0.4, 0.5) is 0 Å². The summed E-state index contributed by atoms with van der Waals surface area (Å²) in [4.78, 5) is 9.23. The highest BCUT2D eigenvalue weighted by Gasteiger charge is 2.07. The second-order valence-electron chi connectivity index (χ2n) is 6.50. The minimum Gasteiger partial charge on any atom is -0.357 e. The lowest BCUT2D eigenvalue weighted by Gasteiger charge is -2.12. The molecule has 0 aliphatic rings. The molecule has 2 N–H and O–H groups in total. The molecular weight excluding hydrogens is 467 g/mol. The van der Waals surface area contributed by atoms with Crippen LogP contribution in [0.5, 0.6) is 0 Å². The van der Waals surface area contributed by atoms with Crippen molar-refractivity contribution in [3.8, 4) is 0 Å². The monoisotopic (exact) mass is 496 g/mol. The van der Waals surface area contributed by atoms with Crippen molar-refractivity contribution < 1.29 is 0 Å². The maximum absolute atomic E-state index is 4.62. The van der Waals surface area contributed by atoms with Crippen LogP contribution in [0.25, 0.3) is 11.0 Å². The summed E-state index contributed by atoms with van der Waals surface area (Å²) >= 11 is 0. The Morgan fingerprint density at radius 2 is 1.89 bits per heavy atom. The number of fused-ring (bicyclic) bond motifs is 1. The van der Waals surface area contributed by atoms with Gasteiger partial charge >= 0.3 is 0 Å². The zero-order valence-electron chi connectivity index (χ0n) is 16.9. The van der Waals surface area contributed by atoms with Crippen molar-refractivity contribution in [1.82, 2.24) is 34.9 Å². The van der Waals surface area contributed by atoms with E-state index >= 15 is 0 Å². The fourth-order valence-corrected chi connectivity index (χ4v) is 3.00. The number of hydrogen-bond donors (Lipinski definition) is 2. The third-order valence-corrected chi connectivity index (χ3v) is 4.60. The molecule has 0 saturated carbocycles. The SMILES string of the molecule is CCNC(=NCc1nnc(C)n1C)NCCCn1c(C)nc2ccccc21.I. The standard InChI is InChI=1S/C19H28N8.HI/c1-5-20-19(22-13-18-25-24-15(3)26(18)4)21-11-8-12-27-14(2)23-16-9-6-7-10-17(16)27;/h6-7,9-10H,5,8,11-13H2,1-4H3,(H2,20,21,22);1H. The first kappa shape index (κ1) is 22.1. The van der Waals surface area contributed by atoms with Crippen LogP contribution in [0, 0.1) is 13.8 Å². The summed E-state index contributed by atoms with van der Waals surface area (Å²) in [6.45, 7) is 9.11. The molecule has 8 nitrogen and oxygen atoms in total. The van der Waals surface area contributed by atoms with Gasteiger partial charge in [0.05, 0.1) is 11.0 Å². The van der Waals surface area contributed by atoms with Gasteiger partial charge in [-0.1, -0.05) is 12.1 Å². The highest BCUT2D eigenvalue weighted by atomic mass is 127. The number of para-hydroxylation sites is 2. The Labute approximate surface area is 182 Å². The largest absolute Gasteiger partial charge is 0.357 e. The number of aliphatic imine (C=N–C) groups is 1. The van der Waals surface area contributed by atoms with E-state index in [-0.39, 0.29) is 24.0 Å². The number of benzene rings is 1. The summed E-state index contributed by atoms with van der Waals surface area (Å²) in [5.41, 5.74) is 2.24. The maximum Gasteiger partial charge on any atom is 0.191 e. The second kappa shape index (κ2) is 10.4. The number of guanidine groups is 1. The average molecular weight is 496 g/mol. The van der Waals surface area contributed by atoms with E-state index in [4.69, 9.17) is 0 Å². The lowest BCUT2D eigenvalue weighted by molar-refractivity contribution is 0.623. The molecule has 28 heavy (non-hydrogen) atoms. The van der Waals surface area contributed by atoms with Crippen LogP contribution in [0.1, 0.15) is 30.8 Å². The van der Waals surface area contributed by atoms with E-state index in [2.05, 4.69) is 67.4 Å². The maximum atomic E-state index is 4.62. The van der Waals surface area contributed by atoms with Crippen LogP contribution < -0.4 is 10.6 Å². The normalized spacial score (nSPS) is 11.5. The molecule has 0 amide bonds. The number of hydrogen-bond acceptors (Lipinski definition) is 4. The minimum absolute atomic E-state index is 0. The van der Waals surface area contributed by atoms with Crippen LogP contribution in [0.15, 0.2) is 29.3 Å². The van der Waals surface area contributed by atoms with Crippen LogP contribution in [0.2, 0.25) is 0 Å². The zero-order chi connectivity index (χ0) is 19.2. The van der Waals surface area contributed by atoms with Gasteiger partial charge in [-0.15, -0.1) is 34.2 Å². The molecule has 0 radical (unpaired) electrons. The highest BCUT2D eigenvalue weighted by molar-refractivity contribution is 14.0. The molecule has 0 aliphatic heterocycles. The van der Waals surface area contributed by atoms with Gasteiger partial charge in [-0.05, 0) is 39.3 Å². The van der Waals surface area contributed by atoms with Gasteiger partial charge in [-0.3, -0.25) is 0 Å². The van der Waals surface area contributed by atoms with Crippen molar-refractivity contribution in [2.45, 2.75) is 40.3 Å². The molecule has 0 atom stereocenters. The van der Waals surface area contributed by atoms with Crippen LogP contribution in [0.3, 0.4) is 0 Å². The first-order chi connectivity index (χ1) is 13.1. The van der Waals surface area contributed by atoms with Gasteiger partial charge in [0.15, 0.2) is 11.8 Å². The fourth-order valence-electron chi connectivity index (χ4n) is 3.00. The number of halogens is 1. The molecule has 9 heteroatoms. The number of imidazole rings is 1. The Balaban J connectivity index is 0.00000280. The Morgan fingerprint density at radius 3 is 2.61 bits per heavy atom. The first-order valence-corrected chi connectivity index (χ1v) is 9.39. The van der Waals surface area contributed by atoms with E-state index in [9.17, 15) is 0 Å². The van der Waals surface area contributed by atoms with E-state index in [0.717, 1.165) is 55.0 Å². The van der Waals surface area contributed by atoms with Crippen molar-refractivity contribution in [2.75, 3.05) is 13.1 Å². The summed E-state index contributed by atoms with van der Waals surface area (Å²) in [5.74, 6) is 3.59. The summed E-state index contributed by atoms with van der Waals surface area (Å²) in [6.07, 6.45) is 0.981. The molecule has 0 bridgehead atoms. The number of nitrogens with zero attached hydrogens (tertiary/aromatic N) is 6. The van der Waals surface area contributed by atoms with Crippen molar-refractivity contribution in [1.29, 1.82) is 0 Å². The summed E-state index contributed by atoms with van der Waals surface area (Å²) in [7, 11) is 1.96. The molecule has 3 aromatic rings. The second-order valence-corrected chi connectivity index (χ2v) is 6.50. The molecule has 0 spiro atoms. The Morgan fingerprint density at radius 1 is 1.11 bits per heavy atom. The molecule has 0 aliphatic carbocycles. The van der Waals surface area contributed by atoms with Crippen molar-refractivity contribution in [3.63, 3.8) is 0 Å². The average Bonchev–Trinajstić information content (AvgIpc) is 3.16. The number of rotatable bonds is 7. The van der Waals surface area contributed by atoms with Gasteiger partial charge in [-0.25, -0.2) is 9.98 Å². The zero-order valence-corrected chi connectivity index (χ0v) is 19.3. The predicted octanol–water partition coefficient (Wildman–Crippen LogP) is 2.55. The minimum atomic E-state index is 0. The van der Waals surface area contributed by atoms with Gasteiger partial charge in [0, 0.05) is 26.7 Å². The van der Waals surface area contributed by atoms with Gasteiger partial charge in [0.1, 0.15) is 18.2 Å². The predicted molar refractivity (Wildman–Crippen MR) is 123 cm³/mol. The topological polar surface area (TPSA) is 85.0 Å². The van der Waals surface area contributed by atoms with Gasteiger partial charge in [0.2, 0.25) is 0 Å². The fraction of sp³-hybridized carbons (Fsp3) is 0.474. The van der Waals surface area contributed by atoms with Crippen molar-refractivity contribution >= 4 is 41.0 Å². The Kier molecular flexibility index (Phi) is 8.21. The Hall–Kier alpha value is -2.17. The number of nitrogens with one attached hydrogen (secondary N) is 2. The van der Waals surface area contributed by atoms with Crippen LogP contribution in [-0.4, -0.2) is 43.4 Å². The lowest BCUT2D eigenvalue weighted by Crippen LogP contribution is -2.38. The lowest BCUT2D eigenvalue weighted by atomic mass is 10.3. The molecule has 0 unspecified atom stereocenters. The van der Waals surface area contributed by atoms with E-state index in [0.29, 0.717) is 6.54 Å². The van der Waals surface area contributed by atoms with Gasteiger partial charge < -0.3 is 19.8 Å². The van der Waals surface area contributed by atoms with E-state index in [1.54, 1.807) is 0 Å². The smallest absolute Gasteiger partial charge is 0.191 e.